The maximum Gasteiger partial charge on any atom is 0.145 e. The molecule has 5 heteroatoms. The SMILES string of the molecule is Cc1nc(C)c(CCNc2ccc(C)c(C#N)n2)s1. The van der Waals surface area contributed by atoms with Crippen LogP contribution in [0.25, 0.3) is 0 Å². The standard InChI is InChI=1S/C14H16N4S/c1-9-4-5-14(18-12(9)8-15)16-7-6-13-10(2)17-11(3)19-13/h4-5H,6-7H2,1-3H3,(H,16,18). The van der Waals surface area contributed by atoms with Crippen LogP contribution < -0.4 is 5.32 Å². The largest absolute Gasteiger partial charge is 0.370 e. The molecule has 19 heavy (non-hydrogen) atoms. The lowest BCUT2D eigenvalue weighted by Crippen LogP contribution is -2.07. The van der Waals surface area contributed by atoms with Crippen molar-refractivity contribution in [2.24, 2.45) is 0 Å². The van der Waals surface area contributed by atoms with Gasteiger partial charge < -0.3 is 5.32 Å². The van der Waals surface area contributed by atoms with Crippen LogP contribution >= 0.6 is 11.3 Å². The molecule has 98 valence electrons. The smallest absolute Gasteiger partial charge is 0.145 e. The third-order valence-corrected chi connectivity index (χ3v) is 3.99. The summed E-state index contributed by atoms with van der Waals surface area (Å²) in [6, 6.07) is 5.91. The monoisotopic (exact) mass is 272 g/mol. The maximum atomic E-state index is 8.94. The second kappa shape index (κ2) is 5.81. The number of nitrogens with zero attached hydrogens (tertiary/aromatic N) is 3. The van der Waals surface area contributed by atoms with Gasteiger partial charge in [0.1, 0.15) is 17.6 Å². The van der Waals surface area contributed by atoms with Crippen LogP contribution in [0.3, 0.4) is 0 Å². The number of pyridine rings is 1. The van der Waals surface area contributed by atoms with Crippen LogP contribution in [0.2, 0.25) is 0 Å². The molecule has 0 bridgehead atoms. The first kappa shape index (κ1) is 13.5. The van der Waals surface area contributed by atoms with E-state index < -0.39 is 0 Å². The fraction of sp³-hybridized carbons (Fsp3) is 0.357. The maximum absolute atomic E-state index is 8.94. The van der Waals surface area contributed by atoms with E-state index >= 15 is 0 Å². The Morgan fingerprint density at radius 1 is 1.26 bits per heavy atom. The number of nitriles is 1. The molecule has 0 spiro atoms. The van der Waals surface area contributed by atoms with Gasteiger partial charge in [-0.2, -0.15) is 5.26 Å². The van der Waals surface area contributed by atoms with Crippen LogP contribution in [0.5, 0.6) is 0 Å². The Kier molecular flexibility index (Phi) is 4.13. The average Bonchev–Trinajstić information content (AvgIpc) is 2.70. The molecule has 0 atom stereocenters. The third-order valence-electron chi connectivity index (χ3n) is 2.86. The van der Waals surface area contributed by atoms with Crippen molar-refractivity contribution < 1.29 is 0 Å². The van der Waals surface area contributed by atoms with Crippen molar-refractivity contribution in [3.63, 3.8) is 0 Å². The van der Waals surface area contributed by atoms with Crippen molar-refractivity contribution in [1.29, 1.82) is 5.26 Å². The minimum atomic E-state index is 0.481. The first-order chi connectivity index (χ1) is 9.10. The van der Waals surface area contributed by atoms with E-state index in [1.54, 1.807) is 11.3 Å². The van der Waals surface area contributed by atoms with Gasteiger partial charge in [0.25, 0.3) is 0 Å². The fourth-order valence-electron chi connectivity index (χ4n) is 1.85. The summed E-state index contributed by atoms with van der Waals surface area (Å²) in [4.78, 5) is 9.98. The van der Waals surface area contributed by atoms with Gasteiger partial charge in [-0.15, -0.1) is 11.3 Å². The summed E-state index contributed by atoms with van der Waals surface area (Å²) in [6.07, 6.45) is 0.925. The Balaban J connectivity index is 1.96. The molecule has 0 amide bonds. The van der Waals surface area contributed by atoms with Crippen molar-refractivity contribution >= 4 is 17.2 Å². The van der Waals surface area contributed by atoms with E-state index in [2.05, 4.69) is 21.4 Å². The highest BCUT2D eigenvalue weighted by molar-refractivity contribution is 7.11. The van der Waals surface area contributed by atoms with Gasteiger partial charge in [0.2, 0.25) is 0 Å². The van der Waals surface area contributed by atoms with Gasteiger partial charge in [-0.25, -0.2) is 9.97 Å². The van der Waals surface area contributed by atoms with Crippen molar-refractivity contribution in [1.82, 2.24) is 9.97 Å². The van der Waals surface area contributed by atoms with E-state index in [4.69, 9.17) is 5.26 Å². The zero-order valence-corrected chi connectivity index (χ0v) is 12.1. The number of anilines is 1. The molecular weight excluding hydrogens is 256 g/mol. The average molecular weight is 272 g/mol. The van der Waals surface area contributed by atoms with Gasteiger partial charge in [-0.3, -0.25) is 0 Å². The quantitative estimate of drug-likeness (QED) is 0.929. The molecule has 0 aliphatic heterocycles. The highest BCUT2D eigenvalue weighted by atomic mass is 32.1. The van der Waals surface area contributed by atoms with E-state index in [1.807, 2.05) is 32.9 Å². The lowest BCUT2D eigenvalue weighted by Gasteiger charge is -2.06. The Bertz CT molecular complexity index is 625. The molecule has 2 aromatic heterocycles. The molecule has 1 N–H and O–H groups in total. The summed E-state index contributed by atoms with van der Waals surface area (Å²) in [6.45, 7) is 6.74. The third kappa shape index (κ3) is 3.30. The highest BCUT2D eigenvalue weighted by Crippen LogP contribution is 2.17. The van der Waals surface area contributed by atoms with Crippen molar-refractivity contribution in [2.75, 3.05) is 11.9 Å². The molecule has 0 unspecified atom stereocenters. The summed E-state index contributed by atoms with van der Waals surface area (Å²) in [5, 5.41) is 13.3. The highest BCUT2D eigenvalue weighted by Gasteiger charge is 2.05. The van der Waals surface area contributed by atoms with Crippen LogP contribution in [0.15, 0.2) is 12.1 Å². The Hall–Kier alpha value is -1.93. The van der Waals surface area contributed by atoms with E-state index in [0.29, 0.717) is 5.69 Å². The molecular formula is C14H16N4S. The summed E-state index contributed by atoms with van der Waals surface area (Å²) in [5.74, 6) is 0.751. The van der Waals surface area contributed by atoms with Gasteiger partial charge >= 0.3 is 0 Å². The van der Waals surface area contributed by atoms with Gasteiger partial charge in [-0.05, 0) is 32.4 Å². The molecule has 0 saturated heterocycles. The number of nitrogens with one attached hydrogen (secondary N) is 1. The molecule has 2 aromatic rings. The van der Waals surface area contributed by atoms with Gasteiger partial charge in [0.05, 0.1) is 10.7 Å². The number of hydrogen-bond donors (Lipinski definition) is 1. The van der Waals surface area contributed by atoms with Crippen molar-refractivity contribution in [3.05, 3.63) is 39.0 Å². The lowest BCUT2D eigenvalue weighted by molar-refractivity contribution is 1.000. The fourth-order valence-corrected chi connectivity index (χ4v) is 2.79. The van der Waals surface area contributed by atoms with E-state index in [9.17, 15) is 0 Å². The second-order valence-corrected chi connectivity index (χ2v) is 5.68. The van der Waals surface area contributed by atoms with Gasteiger partial charge in [-0.1, -0.05) is 6.07 Å². The minimum absolute atomic E-state index is 0.481. The van der Waals surface area contributed by atoms with Gasteiger partial charge in [0, 0.05) is 17.8 Å². The Morgan fingerprint density at radius 2 is 2.05 bits per heavy atom. The van der Waals surface area contributed by atoms with Crippen LogP contribution in [0.1, 0.15) is 26.8 Å². The van der Waals surface area contributed by atoms with E-state index in [0.717, 1.165) is 35.0 Å². The summed E-state index contributed by atoms with van der Waals surface area (Å²) in [7, 11) is 0. The number of thiazole rings is 1. The summed E-state index contributed by atoms with van der Waals surface area (Å²) >= 11 is 1.74. The van der Waals surface area contributed by atoms with Crippen molar-refractivity contribution in [3.8, 4) is 6.07 Å². The molecule has 0 aliphatic carbocycles. The number of aryl methyl sites for hydroxylation is 3. The number of aromatic nitrogens is 2. The number of hydrogen-bond acceptors (Lipinski definition) is 5. The van der Waals surface area contributed by atoms with Crippen LogP contribution in [0, 0.1) is 32.1 Å². The minimum Gasteiger partial charge on any atom is -0.370 e. The first-order valence-electron chi connectivity index (χ1n) is 6.14. The predicted octanol–water partition coefficient (Wildman–Crippen LogP) is 2.99. The molecule has 0 fully saturated rings. The van der Waals surface area contributed by atoms with Crippen LogP contribution in [0.4, 0.5) is 5.82 Å². The number of rotatable bonds is 4. The molecule has 0 radical (unpaired) electrons. The van der Waals surface area contributed by atoms with E-state index in [1.165, 1.54) is 4.88 Å². The zero-order chi connectivity index (χ0) is 13.8. The molecule has 0 aliphatic rings. The Morgan fingerprint density at radius 3 is 2.68 bits per heavy atom. The summed E-state index contributed by atoms with van der Waals surface area (Å²) < 4.78 is 0. The predicted molar refractivity (Wildman–Crippen MR) is 77.5 cm³/mol. The molecule has 2 heterocycles. The van der Waals surface area contributed by atoms with Crippen molar-refractivity contribution in [2.45, 2.75) is 27.2 Å². The Labute approximate surface area is 117 Å². The molecule has 0 saturated carbocycles. The molecule has 0 aromatic carbocycles. The zero-order valence-electron chi connectivity index (χ0n) is 11.3. The first-order valence-corrected chi connectivity index (χ1v) is 6.96. The van der Waals surface area contributed by atoms with Crippen LogP contribution in [-0.2, 0) is 6.42 Å². The second-order valence-electron chi connectivity index (χ2n) is 4.39. The van der Waals surface area contributed by atoms with Gasteiger partial charge in [0.15, 0.2) is 0 Å². The summed E-state index contributed by atoms with van der Waals surface area (Å²) in [5.41, 5.74) is 2.50. The molecule has 4 nitrogen and oxygen atoms in total. The van der Waals surface area contributed by atoms with Crippen LogP contribution in [-0.4, -0.2) is 16.5 Å². The lowest BCUT2D eigenvalue weighted by atomic mass is 10.2. The normalized spacial score (nSPS) is 10.2. The molecule has 2 rings (SSSR count). The van der Waals surface area contributed by atoms with E-state index in [-0.39, 0.29) is 0 Å². The topological polar surface area (TPSA) is 61.6 Å².